The second-order valence-corrected chi connectivity index (χ2v) is 4.57. The molecule has 1 aliphatic heterocycles. The zero-order valence-corrected chi connectivity index (χ0v) is 11.3. The van der Waals surface area contributed by atoms with Gasteiger partial charge in [0.25, 0.3) is 5.91 Å². The molecule has 2 heterocycles. The average molecular weight is 283 g/mol. The maximum absolute atomic E-state index is 12.2. The van der Waals surface area contributed by atoms with E-state index in [1.165, 1.54) is 11.1 Å². The summed E-state index contributed by atoms with van der Waals surface area (Å²) in [6, 6.07) is 1.57. The average Bonchev–Trinajstić information content (AvgIpc) is 2.40. The van der Waals surface area contributed by atoms with Gasteiger partial charge in [0.1, 0.15) is 5.82 Å². The summed E-state index contributed by atoms with van der Waals surface area (Å²) >= 11 is 6.04. The van der Waals surface area contributed by atoms with Gasteiger partial charge < -0.3 is 15.5 Å². The van der Waals surface area contributed by atoms with Crippen LogP contribution in [0.1, 0.15) is 17.3 Å². The van der Waals surface area contributed by atoms with Crippen molar-refractivity contribution < 1.29 is 9.59 Å². The van der Waals surface area contributed by atoms with Crippen LogP contribution in [-0.2, 0) is 4.79 Å². The van der Waals surface area contributed by atoms with E-state index in [2.05, 4.69) is 15.6 Å². The Labute approximate surface area is 116 Å². The van der Waals surface area contributed by atoms with Gasteiger partial charge in [0.2, 0.25) is 5.91 Å². The van der Waals surface area contributed by atoms with E-state index >= 15 is 0 Å². The fourth-order valence-corrected chi connectivity index (χ4v) is 2.08. The predicted molar refractivity (Wildman–Crippen MR) is 72.3 cm³/mol. The van der Waals surface area contributed by atoms with E-state index in [4.69, 9.17) is 11.6 Å². The maximum atomic E-state index is 12.2. The Morgan fingerprint density at radius 1 is 1.63 bits per heavy atom. The molecule has 19 heavy (non-hydrogen) atoms. The number of amides is 2. The number of halogens is 1. The van der Waals surface area contributed by atoms with Gasteiger partial charge >= 0.3 is 0 Å². The molecule has 0 unspecified atom stereocenters. The summed E-state index contributed by atoms with van der Waals surface area (Å²) in [4.78, 5) is 29.0. The largest absolute Gasteiger partial charge is 0.369 e. The van der Waals surface area contributed by atoms with Crippen LogP contribution in [0, 0.1) is 0 Å². The standard InChI is InChI=1S/C12H15ClN4O2/c1-2-14-11-9(13)5-8(6-16-11)12(19)17-4-3-15-10(18)7-17/h5-6H,2-4,7H2,1H3,(H,14,16)(H,15,18). The minimum absolute atomic E-state index is 0.0748. The van der Waals surface area contributed by atoms with Gasteiger partial charge in [-0.1, -0.05) is 11.6 Å². The molecule has 1 aromatic rings. The summed E-state index contributed by atoms with van der Waals surface area (Å²) in [6.45, 7) is 3.68. The molecule has 0 atom stereocenters. The van der Waals surface area contributed by atoms with Crippen LogP contribution in [0.15, 0.2) is 12.3 Å². The predicted octanol–water partition coefficient (Wildman–Crippen LogP) is 0.739. The van der Waals surface area contributed by atoms with Gasteiger partial charge in [-0.15, -0.1) is 0 Å². The van der Waals surface area contributed by atoms with Crippen molar-refractivity contribution in [2.75, 3.05) is 31.5 Å². The molecule has 0 spiro atoms. The number of hydrogen-bond donors (Lipinski definition) is 2. The lowest BCUT2D eigenvalue weighted by Gasteiger charge is -2.26. The van der Waals surface area contributed by atoms with Crippen LogP contribution in [-0.4, -0.2) is 47.9 Å². The molecule has 2 rings (SSSR count). The number of nitrogens with zero attached hydrogens (tertiary/aromatic N) is 2. The fraction of sp³-hybridized carbons (Fsp3) is 0.417. The van der Waals surface area contributed by atoms with E-state index in [-0.39, 0.29) is 18.4 Å². The third-order valence-electron chi connectivity index (χ3n) is 2.76. The molecular weight excluding hydrogens is 268 g/mol. The quantitative estimate of drug-likeness (QED) is 0.857. The van der Waals surface area contributed by atoms with Crippen molar-refractivity contribution in [2.24, 2.45) is 0 Å². The summed E-state index contributed by atoms with van der Waals surface area (Å²) in [7, 11) is 0. The molecule has 2 amide bonds. The first-order valence-electron chi connectivity index (χ1n) is 6.07. The minimum atomic E-state index is -0.229. The summed E-state index contributed by atoms with van der Waals surface area (Å²) in [5.41, 5.74) is 0.390. The summed E-state index contributed by atoms with van der Waals surface area (Å²) in [6.07, 6.45) is 1.47. The molecule has 2 N–H and O–H groups in total. The van der Waals surface area contributed by atoms with E-state index in [1.54, 1.807) is 6.07 Å². The van der Waals surface area contributed by atoms with Crippen LogP contribution in [0.2, 0.25) is 5.02 Å². The number of anilines is 1. The lowest BCUT2D eigenvalue weighted by molar-refractivity contribution is -0.123. The Bertz CT molecular complexity index is 507. The van der Waals surface area contributed by atoms with Crippen LogP contribution < -0.4 is 10.6 Å². The van der Waals surface area contributed by atoms with Crippen molar-refractivity contribution >= 4 is 29.2 Å². The Hall–Kier alpha value is -1.82. The van der Waals surface area contributed by atoms with Crippen molar-refractivity contribution in [1.29, 1.82) is 0 Å². The number of piperazine rings is 1. The number of carbonyl (C=O) groups excluding carboxylic acids is 2. The zero-order valence-electron chi connectivity index (χ0n) is 10.6. The zero-order chi connectivity index (χ0) is 13.8. The Morgan fingerprint density at radius 2 is 2.42 bits per heavy atom. The highest BCUT2D eigenvalue weighted by Gasteiger charge is 2.23. The molecule has 0 radical (unpaired) electrons. The Kier molecular flexibility index (Phi) is 4.21. The van der Waals surface area contributed by atoms with Crippen molar-refractivity contribution in [3.63, 3.8) is 0 Å². The molecule has 7 heteroatoms. The Balaban J connectivity index is 2.15. The summed E-state index contributed by atoms with van der Waals surface area (Å²) < 4.78 is 0. The number of hydrogen-bond acceptors (Lipinski definition) is 4. The lowest BCUT2D eigenvalue weighted by atomic mass is 10.2. The molecule has 0 aromatic carbocycles. The smallest absolute Gasteiger partial charge is 0.256 e. The van der Waals surface area contributed by atoms with Crippen LogP contribution in [0.5, 0.6) is 0 Å². The number of pyridine rings is 1. The molecule has 0 aliphatic carbocycles. The SMILES string of the molecule is CCNc1ncc(C(=O)N2CCNC(=O)C2)cc1Cl. The second kappa shape index (κ2) is 5.88. The highest BCUT2D eigenvalue weighted by atomic mass is 35.5. The maximum Gasteiger partial charge on any atom is 0.256 e. The third kappa shape index (κ3) is 3.14. The van der Waals surface area contributed by atoms with E-state index in [0.29, 0.717) is 36.0 Å². The minimum Gasteiger partial charge on any atom is -0.369 e. The summed E-state index contributed by atoms with van der Waals surface area (Å²) in [5.74, 6) is 0.173. The van der Waals surface area contributed by atoms with Gasteiger partial charge in [-0.3, -0.25) is 9.59 Å². The monoisotopic (exact) mass is 282 g/mol. The van der Waals surface area contributed by atoms with Crippen molar-refractivity contribution in [3.05, 3.63) is 22.8 Å². The van der Waals surface area contributed by atoms with Gasteiger partial charge in [0.15, 0.2) is 0 Å². The van der Waals surface area contributed by atoms with Crippen LogP contribution in [0.25, 0.3) is 0 Å². The first-order chi connectivity index (χ1) is 9.11. The number of aromatic nitrogens is 1. The van der Waals surface area contributed by atoms with Gasteiger partial charge in [-0.05, 0) is 13.0 Å². The van der Waals surface area contributed by atoms with Gasteiger partial charge in [-0.2, -0.15) is 0 Å². The molecule has 1 fully saturated rings. The van der Waals surface area contributed by atoms with Crippen molar-refractivity contribution in [3.8, 4) is 0 Å². The molecule has 1 saturated heterocycles. The van der Waals surface area contributed by atoms with Gasteiger partial charge in [0, 0.05) is 25.8 Å². The molecule has 0 saturated carbocycles. The number of carbonyl (C=O) groups is 2. The van der Waals surface area contributed by atoms with Crippen molar-refractivity contribution in [1.82, 2.24) is 15.2 Å². The highest BCUT2D eigenvalue weighted by molar-refractivity contribution is 6.33. The van der Waals surface area contributed by atoms with Gasteiger partial charge in [0.05, 0.1) is 17.1 Å². The first-order valence-corrected chi connectivity index (χ1v) is 6.45. The van der Waals surface area contributed by atoms with E-state index in [0.717, 1.165) is 0 Å². The molecule has 102 valence electrons. The third-order valence-corrected chi connectivity index (χ3v) is 3.05. The van der Waals surface area contributed by atoms with E-state index < -0.39 is 0 Å². The highest BCUT2D eigenvalue weighted by Crippen LogP contribution is 2.20. The molecule has 0 bridgehead atoms. The topological polar surface area (TPSA) is 74.3 Å². The molecule has 6 nitrogen and oxygen atoms in total. The number of nitrogens with one attached hydrogen (secondary N) is 2. The first kappa shape index (κ1) is 13.6. The van der Waals surface area contributed by atoms with Crippen LogP contribution >= 0.6 is 11.6 Å². The van der Waals surface area contributed by atoms with E-state index in [9.17, 15) is 9.59 Å². The summed E-state index contributed by atoms with van der Waals surface area (Å²) in [5, 5.41) is 6.06. The normalized spacial score (nSPS) is 15.1. The fourth-order valence-electron chi connectivity index (χ4n) is 1.85. The lowest BCUT2D eigenvalue weighted by Crippen LogP contribution is -2.50. The second-order valence-electron chi connectivity index (χ2n) is 4.16. The van der Waals surface area contributed by atoms with E-state index in [1.807, 2.05) is 6.92 Å². The Morgan fingerprint density at radius 3 is 3.05 bits per heavy atom. The molecular formula is C12H15ClN4O2. The van der Waals surface area contributed by atoms with Gasteiger partial charge in [-0.25, -0.2) is 4.98 Å². The van der Waals surface area contributed by atoms with Crippen molar-refractivity contribution in [2.45, 2.75) is 6.92 Å². The van der Waals surface area contributed by atoms with Crippen LogP contribution in [0.4, 0.5) is 5.82 Å². The van der Waals surface area contributed by atoms with Crippen LogP contribution in [0.3, 0.4) is 0 Å². The molecule has 1 aliphatic rings. The number of rotatable bonds is 3. The molecule has 1 aromatic heterocycles.